The summed E-state index contributed by atoms with van der Waals surface area (Å²) in [6, 6.07) is 18.5. The van der Waals surface area contributed by atoms with Gasteiger partial charge in [-0.3, -0.25) is 18.3 Å². The molecular weight excluding hydrogens is 388 g/mol. The number of hydrogen-bond acceptors (Lipinski definition) is 3. The molecule has 0 bridgehead atoms. The predicted octanol–water partition coefficient (Wildman–Crippen LogP) is 4.00. The standard InChI is InChI=1S/C25H24N4O2/c1-25(2,3)17-12-10-15(11-13-17)19-14-16-8-6-7-9-18(16)21-26-20-22(29(19)21)27(4)24(31)28(5)23(20)30/h6-14H,1-5H3. The summed E-state index contributed by atoms with van der Waals surface area (Å²) in [5.74, 6) is 0. The van der Waals surface area contributed by atoms with E-state index >= 15 is 0 Å². The van der Waals surface area contributed by atoms with Crippen molar-refractivity contribution in [1.29, 1.82) is 0 Å². The van der Waals surface area contributed by atoms with E-state index < -0.39 is 0 Å². The molecule has 0 aliphatic rings. The number of pyridine rings is 1. The van der Waals surface area contributed by atoms with Crippen LogP contribution in [0.4, 0.5) is 0 Å². The third kappa shape index (κ3) is 2.75. The summed E-state index contributed by atoms with van der Waals surface area (Å²) in [4.78, 5) is 30.3. The fraction of sp³-hybridized carbons (Fsp3) is 0.240. The van der Waals surface area contributed by atoms with Gasteiger partial charge in [0.2, 0.25) is 0 Å². The van der Waals surface area contributed by atoms with Gasteiger partial charge in [0.05, 0.1) is 5.69 Å². The number of benzene rings is 2. The third-order valence-corrected chi connectivity index (χ3v) is 6.03. The third-order valence-electron chi connectivity index (χ3n) is 6.03. The Balaban J connectivity index is 1.98. The van der Waals surface area contributed by atoms with Crippen LogP contribution in [0.25, 0.3) is 38.8 Å². The Labute approximate surface area is 179 Å². The Morgan fingerprint density at radius 1 is 0.871 bits per heavy atom. The molecule has 0 saturated carbocycles. The Bertz CT molecular complexity index is 1610. The van der Waals surface area contributed by atoms with E-state index in [0.29, 0.717) is 11.3 Å². The van der Waals surface area contributed by atoms with E-state index in [1.54, 1.807) is 7.05 Å². The van der Waals surface area contributed by atoms with Crippen molar-refractivity contribution < 1.29 is 0 Å². The molecule has 5 aromatic rings. The Hall–Kier alpha value is -3.67. The highest BCUT2D eigenvalue weighted by Crippen LogP contribution is 2.32. The van der Waals surface area contributed by atoms with E-state index in [-0.39, 0.29) is 22.2 Å². The molecule has 0 N–H and O–H groups in total. The van der Waals surface area contributed by atoms with Crippen molar-refractivity contribution in [3.05, 3.63) is 81.0 Å². The maximum absolute atomic E-state index is 12.9. The fourth-order valence-electron chi connectivity index (χ4n) is 4.23. The van der Waals surface area contributed by atoms with Crippen LogP contribution in [0.1, 0.15) is 26.3 Å². The molecule has 0 unspecified atom stereocenters. The quantitative estimate of drug-likeness (QED) is 0.418. The highest BCUT2D eigenvalue weighted by Gasteiger charge is 2.20. The summed E-state index contributed by atoms with van der Waals surface area (Å²) in [5.41, 5.74) is 3.87. The zero-order chi connectivity index (χ0) is 22.1. The average molecular weight is 412 g/mol. The van der Waals surface area contributed by atoms with Crippen LogP contribution in [0.15, 0.2) is 64.2 Å². The Morgan fingerprint density at radius 2 is 1.55 bits per heavy atom. The average Bonchev–Trinajstić information content (AvgIpc) is 3.16. The molecule has 2 aromatic carbocycles. The lowest BCUT2D eigenvalue weighted by Crippen LogP contribution is -2.37. The second kappa shape index (κ2) is 6.41. The number of hydrogen-bond donors (Lipinski definition) is 0. The van der Waals surface area contributed by atoms with Gasteiger partial charge in [0.15, 0.2) is 11.2 Å². The summed E-state index contributed by atoms with van der Waals surface area (Å²) in [5, 5.41) is 1.96. The van der Waals surface area contributed by atoms with Gasteiger partial charge >= 0.3 is 5.69 Å². The predicted molar refractivity (Wildman–Crippen MR) is 125 cm³/mol. The van der Waals surface area contributed by atoms with Crippen molar-refractivity contribution in [3.8, 4) is 11.3 Å². The number of fused-ring (bicyclic) bond motifs is 5. The molecule has 3 heterocycles. The van der Waals surface area contributed by atoms with Gasteiger partial charge in [-0.1, -0.05) is 69.3 Å². The molecule has 0 aliphatic carbocycles. The van der Waals surface area contributed by atoms with Crippen molar-refractivity contribution in [2.24, 2.45) is 14.1 Å². The fourth-order valence-corrected chi connectivity index (χ4v) is 4.23. The summed E-state index contributed by atoms with van der Waals surface area (Å²) >= 11 is 0. The zero-order valence-corrected chi connectivity index (χ0v) is 18.3. The first-order valence-electron chi connectivity index (χ1n) is 10.3. The van der Waals surface area contributed by atoms with Gasteiger partial charge in [-0.05, 0) is 28.0 Å². The number of aryl methyl sites for hydroxylation is 1. The number of aromatic nitrogens is 4. The highest BCUT2D eigenvalue weighted by molar-refractivity contribution is 6.00. The molecule has 0 fully saturated rings. The molecule has 0 amide bonds. The van der Waals surface area contributed by atoms with E-state index in [0.717, 1.165) is 26.6 Å². The van der Waals surface area contributed by atoms with Crippen LogP contribution < -0.4 is 11.2 Å². The van der Waals surface area contributed by atoms with Crippen LogP contribution in [0.2, 0.25) is 0 Å². The van der Waals surface area contributed by atoms with Crippen LogP contribution in [-0.4, -0.2) is 18.5 Å². The smallest absolute Gasteiger partial charge is 0.280 e. The van der Waals surface area contributed by atoms with Crippen molar-refractivity contribution in [1.82, 2.24) is 18.5 Å². The minimum atomic E-state index is -0.389. The number of rotatable bonds is 1. The van der Waals surface area contributed by atoms with E-state index in [9.17, 15) is 9.59 Å². The maximum Gasteiger partial charge on any atom is 0.332 e. The Kier molecular flexibility index (Phi) is 3.99. The van der Waals surface area contributed by atoms with Gasteiger partial charge in [0.1, 0.15) is 5.65 Å². The van der Waals surface area contributed by atoms with Crippen LogP contribution >= 0.6 is 0 Å². The lowest BCUT2D eigenvalue weighted by Gasteiger charge is -2.19. The number of nitrogens with zero attached hydrogens (tertiary/aromatic N) is 4. The molecule has 6 heteroatoms. The van der Waals surface area contributed by atoms with Crippen LogP contribution in [-0.2, 0) is 19.5 Å². The summed E-state index contributed by atoms with van der Waals surface area (Å²) in [6.45, 7) is 6.56. The van der Waals surface area contributed by atoms with Gasteiger partial charge in [0, 0.05) is 19.5 Å². The highest BCUT2D eigenvalue weighted by atomic mass is 16.2. The first-order valence-corrected chi connectivity index (χ1v) is 10.3. The second-order valence-corrected chi connectivity index (χ2v) is 9.09. The second-order valence-electron chi connectivity index (χ2n) is 9.09. The van der Waals surface area contributed by atoms with Crippen molar-refractivity contribution in [2.45, 2.75) is 26.2 Å². The molecule has 0 atom stereocenters. The topological polar surface area (TPSA) is 61.3 Å². The molecule has 6 nitrogen and oxygen atoms in total. The molecule has 0 aliphatic heterocycles. The minimum absolute atomic E-state index is 0.0506. The van der Waals surface area contributed by atoms with Crippen molar-refractivity contribution in [3.63, 3.8) is 0 Å². The molecule has 156 valence electrons. The van der Waals surface area contributed by atoms with E-state index in [2.05, 4.69) is 51.1 Å². The van der Waals surface area contributed by atoms with Gasteiger partial charge in [0.25, 0.3) is 5.56 Å². The molecule has 31 heavy (non-hydrogen) atoms. The van der Waals surface area contributed by atoms with E-state index in [1.165, 1.54) is 17.2 Å². The molecule has 0 radical (unpaired) electrons. The first kappa shape index (κ1) is 19.3. The molecule has 3 aromatic heterocycles. The molecule has 0 saturated heterocycles. The van der Waals surface area contributed by atoms with Gasteiger partial charge in [-0.15, -0.1) is 0 Å². The van der Waals surface area contributed by atoms with E-state index in [4.69, 9.17) is 4.98 Å². The summed E-state index contributed by atoms with van der Waals surface area (Å²) in [6.07, 6.45) is 0. The SMILES string of the molecule is Cn1c(=O)c2nc3c4ccccc4cc(-c4ccc(C(C)(C)C)cc4)n3c2n(C)c1=O. The lowest BCUT2D eigenvalue weighted by molar-refractivity contribution is 0.590. The molecular formula is C25H24N4O2. The van der Waals surface area contributed by atoms with Gasteiger partial charge < -0.3 is 0 Å². The lowest BCUT2D eigenvalue weighted by atomic mass is 9.86. The number of imidazole rings is 1. The maximum atomic E-state index is 12.9. The molecule has 0 spiro atoms. The first-order chi connectivity index (χ1) is 14.7. The van der Waals surface area contributed by atoms with E-state index in [1.807, 2.05) is 28.7 Å². The van der Waals surface area contributed by atoms with Crippen molar-refractivity contribution >= 4 is 27.6 Å². The largest absolute Gasteiger partial charge is 0.332 e. The monoisotopic (exact) mass is 412 g/mol. The van der Waals surface area contributed by atoms with Crippen LogP contribution in [0.3, 0.4) is 0 Å². The van der Waals surface area contributed by atoms with Crippen molar-refractivity contribution in [2.75, 3.05) is 0 Å². The summed E-state index contributed by atoms with van der Waals surface area (Å²) < 4.78 is 4.54. The minimum Gasteiger partial charge on any atom is -0.280 e. The zero-order valence-electron chi connectivity index (χ0n) is 18.3. The molecule has 5 rings (SSSR count). The summed E-state index contributed by atoms with van der Waals surface area (Å²) in [7, 11) is 3.16. The normalized spacial score (nSPS) is 12.3. The van der Waals surface area contributed by atoms with Crippen LogP contribution in [0.5, 0.6) is 0 Å². The van der Waals surface area contributed by atoms with Crippen LogP contribution in [0, 0.1) is 0 Å². The van der Waals surface area contributed by atoms with Gasteiger partial charge in [-0.2, -0.15) is 0 Å². The Morgan fingerprint density at radius 3 is 2.23 bits per heavy atom. The van der Waals surface area contributed by atoms with Gasteiger partial charge in [-0.25, -0.2) is 9.78 Å².